The van der Waals surface area contributed by atoms with Crippen molar-refractivity contribution in [2.24, 2.45) is 0 Å². The number of fused-ring (bicyclic) bond motifs is 3. The van der Waals surface area contributed by atoms with E-state index in [2.05, 4.69) is 76.0 Å². The molecule has 0 saturated carbocycles. The fourth-order valence-corrected chi connectivity index (χ4v) is 5.57. The lowest BCUT2D eigenvalue weighted by molar-refractivity contribution is -0.476. The maximum absolute atomic E-state index is 2.35. The third kappa shape index (κ3) is 2.52. The van der Waals surface area contributed by atoms with Gasteiger partial charge in [0.1, 0.15) is 4.70 Å². The highest BCUT2D eigenvalue weighted by molar-refractivity contribution is 7.24. The first kappa shape index (κ1) is 16.0. The second-order valence-corrected chi connectivity index (χ2v) is 8.27. The van der Waals surface area contributed by atoms with Gasteiger partial charge in [-0.25, -0.2) is 0 Å². The number of pyridine rings is 1. The molecule has 1 nitrogen and oxygen atoms in total. The van der Waals surface area contributed by atoms with Crippen molar-refractivity contribution in [1.82, 2.24) is 0 Å². The Hall–Kier alpha value is -1.53. The summed E-state index contributed by atoms with van der Waals surface area (Å²) in [5, 5.41) is 4.29. The number of thiophene rings is 2. The Morgan fingerprint density at radius 2 is 1.54 bits per heavy atom. The van der Waals surface area contributed by atoms with Gasteiger partial charge in [0.15, 0.2) is 6.20 Å². The van der Waals surface area contributed by atoms with Crippen LogP contribution in [0.2, 0.25) is 0 Å². The van der Waals surface area contributed by atoms with Gasteiger partial charge in [-0.2, -0.15) is 0 Å². The summed E-state index contributed by atoms with van der Waals surface area (Å²) in [4.78, 5) is 3.95. The van der Waals surface area contributed by atoms with E-state index in [1.54, 1.807) is 22.7 Å². The van der Waals surface area contributed by atoms with Crippen molar-refractivity contribution in [3.63, 3.8) is 0 Å². The van der Waals surface area contributed by atoms with Gasteiger partial charge in [-0.15, -0.1) is 27.1 Å². The molecule has 0 spiro atoms. The average Bonchev–Trinajstić information content (AvgIpc) is 3.33. The number of nitrogens with zero attached hydrogens (tertiary/aromatic N) is 1. The zero-order valence-corrected chi connectivity index (χ0v) is 16.5. The summed E-state index contributed by atoms with van der Waals surface area (Å²) in [6.07, 6.45) is 2.27. The topological polar surface area (TPSA) is 4.10 Å². The van der Waals surface area contributed by atoms with Crippen molar-refractivity contribution in [3.05, 3.63) is 71.6 Å². The highest BCUT2D eigenvalue weighted by Gasteiger charge is 2.21. The summed E-state index contributed by atoms with van der Waals surface area (Å²) in [6, 6.07) is 19.6. The molecule has 0 aliphatic heterocycles. The van der Waals surface area contributed by atoms with Gasteiger partial charge in [-0.1, -0.05) is 35.6 Å². The predicted molar refractivity (Wildman–Crippen MR) is 102 cm³/mol. The van der Waals surface area contributed by atoms with Gasteiger partial charge < -0.3 is 17.0 Å². The minimum atomic E-state index is 0. The van der Waals surface area contributed by atoms with Crippen LogP contribution in [-0.2, 0) is 0 Å². The number of rotatable bonds is 2. The molecule has 0 unspecified atom stereocenters. The van der Waals surface area contributed by atoms with E-state index in [4.69, 9.17) is 0 Å². The molecule has 0 bridgehead atoms. The van der Waals surface area contributed by atoms with E-state index in [0.29, 0.717) is 0 Å². The van der Waals surface area contributed by atoms with Gasteiger partial charge >= 0.3 is 0 Å². The zero-order valence-electron chi connectivity index (χ0n) is 12.5. The standard InChI is InChI=1S/C19H12NS3.BrH/c1-2-6-18-15(5-1)20-12-13(16-7-3-9-21-16)11-14(19(20)23-18)17-8-4-10-22-17;/h1-12H;1H/q+1;/p-1. The van der Waals surface area contributed by atoms with Crippen molar-refractivity contribution in [1.29, 1.82) is 0 Å². The van der Waals surface area contributed by atoms with Crippen LogP contribution in [-0.4, -0.2) is 0 Å². The van der Waals surface area contributed by atoms with Gasteiger partial charge in [0, 0.05) is 15.8 Å². The molecule has 118 valence electrons. The Kier molecular flexibility index (Phi) is 4.26. The van der Waals surface area contributed by atoms with E-state index in [0.717, 1.165) is 0 Å². The Bertz CT molecular complexity index is 1110. The van der Waals surface area contributed by atoms with E-state index in [1.807, 2.05) is 11.3 Å². The maximum Gasteiger partial charge on any atom is 0.276 e. The summed E-state index contributed by atoms with van der Waals surface area (Å²) >= 11 is 5.46. The van der Waals surface area contributed by atoms with Gasteiger partial charge in [0.05, 0.1) is 11.1 Å². The molecule has 0 N–H and O–H groups in total. The van der Waals surface area contributed by atoms with Crippen molar-refractivity contribution >= 4 is 49.1 Å². The van der Waals surface area contributed by atoms with Crippen LogP contribution in [0.15, 0.2) is 71.6 Å². The smallest absolute Gasteiger partial charge is 0.276 e. The highest BCUT2D eigenvalue weighted by Crippen LogP contribution is 2.36. The van der Waals surface area contributed by atoms with Gasteiger partial charge in [0.2, 0.25) is 5.52 Å². The van der Waals surface area contributed by atoms with E-state index in [1.165, 1.54) is 35.9 Å². The molecule has 0 aliphatic rings. The fraction of sp³-hybridized carbons (Fsp3) is 0. The highest BCUT2D eigenvalue weighted by atomic mass is 79.9. The van der Waals surface area contributed by atoms with Crippen LogP contribution in [0.5, 0.6) is 0 Å². The number of para-hydroxylation sites is 1. The molecule has 4 heterocycles. The largest absolute Gasteiger partial charge is 1.00 e. The molecule has 5 heteroatoms. The number of hydrogen-bond donors (Lipinski definition) is 0. The molecule has 5 rings (SSSR count). The summed E-state index contributed by atoms with van der Waals surface area (Å²) in [5.41, 5.74) is 3.89. The third-order valence-corrected chi connectivity index (χ3v) is 6.94. The quantitative estimate of drug-likeness (QED) is 0.379. The number of hydrogen-bond acceptors (Lipinski definition) is 3. The fourth-order valence-electron chi connectivity index (χ4n) is 2.90. The molecule has 0 aliphatic carbocycles. The van der Waals surface area contributed by atoms with E-state index in [-0.39, 0.29) is 17.0 Å². The first-order chi connectivity index (χ1) is 11.4. The van der Waals surface area contributed by atoms with Crippen molar-refractivity contribution in [3.8, 4) is 20.9 Å². The molecule has 0 amide bonds. The number of thiazole rings is 1. The van der Waals surface area contributed by atoms with Gasteiger partial charge in [0.25, 0.3) is 4.83 Å². The van der Waals surface area contributed by atoms with Crippen molar-refractivity contribution < 1.29 is 21.4 Å². The van der Waals surface area contributed by atoms with Crippen LogP contribution in [0.4, 0.5) is 0 Å². The van der Waals surface area contributed by atoms with Crippen molar-refractivity contribution in [2.45, 2.75) is 0 Å². The summed E-state index contributed by atoms with van der Waals surface area (Å²) in [5.74, 6) is 0. The Morgan fingerprint density at radius 1 is 0.792 bits per heavy atom. The Morgan fingerprint density at radius 3 is 2.29 bits per heavy atom. The van der Waals surface area contributed by atoms with E-state index >= 15 is 0 Å². The second-order valence-electron chi connectivity index (χ2n) is 5.34. The lowest BCUT2D eigenvalue weighted by Crippen LogP contribution is -3.00. The van der Waals surface area contributed by atoms with E-state index in [9.17, 15) is 0 Å². The summed E-state index contributed by atoms with van der Waals surface area (Å²) < 4.78 is 3.68. The van der Waals surface area contributed by atoms with Crippen LogP contribution < -0.4 is 21.4 Å². The molecule has 0 radical (unpaired) electrons. The van der Waals surface area contributed by atoms with Gasteiger partial charge in [-0.05, 0) is 35.0 Å². The van der Waals surface area contributed by atoms with Crippen LogP contribution in [0.25, 0.3) is 35.9 Å². The lowest BCUT2D eigenvalue weighted by Gasteiger charge is -2.00. The van der Waals surface area contributed by atoms with Gasteiger partial charge in [-0.3, -0.25) is 0 Å². The van der Waals surface area contributed by atoms with Crippen LogP contribution in [0.1, 0.15) is 0 Å². The van der Waals surface area contributed by atoms with E-state index < -0.39 is 0 Å². The lowest BCUT2D eigenvalue weighted by atomic mass is 10.1. The molecular weight excluding hydrogens is 418 g/mol. The monoisotopic (exact) mass is 429 g/mol. The van der Waals surface area contributed by atoms with Crippen LogP contribution >= 0.6 is 34.0 Å². The van der Waals surface area contributed by atoms with Crippen LogP contribution in [0.3, 0.4) is 0 Å². The molecule has 24 heavy (non-hydrogen) atoms. The minimum Gasteiger partial charge on any atom is -1.00 e. The Labute approximate surface area is 162 Å². The zero-order chi connectivity index (χ0) is 15.2. The molecule has 0 fully saturated rings. The average molecular weight is 430 g/mol. The molecule has 5 aromatic rings. The minimum absolute atomic E-state index is 0. The number of aromatic nitrogens is 1. The normalized spacial score (nSPS) is 11.0. The number of benzene rings is 1. The predicted octanol–water partition coefficient (Wildman–Crippen LogP) is 3.10. The van der Waals surface area contributed by atoms with Crippen molar-refractivity contribution in [2.75, 3.05) is 0 Å². The molecule has 4 aromatic heterocycles. The maximum atomic E-state index is 2.35. The molecule has 1 aromatic carbocycles. The summed E-state index contributed by atoms with van der Waals surface area (Å²) in [6.45, 7) is 0. The second kappa shape index (κ2) is 6.41. The molecular formula is C19H12BrNS3. The SMILES string of the molecule is [Br-].c1csc(-c2cc(-c3cccs3)c3sc4ccccc4[n+]3c2)c1. The van der Waals surface area contributed by atoms with Crippen LogP contribution in [0, 0.1) is 0 Å². The first-order valence-corrected chi connectivity index (χ1v) is 9.92. The number of halogens is 1. The summed E-state index contributed by atoms with van der Waals surface area (Å²) in [7, 11) is 0. The third-order valence-electron chi connectivity index (χ3n) is 3.94. The first-order valence-electron chi connectivity index (χ1n) is 7.35. The molecule has 0 atom stereocenters. The molecule has 0 saturated heterocycles. The Balaban J connectivity index is 0.00000146.